The molecule has 0 atom stereocenters. The SMILES string of the molecule is Fc1cccc(Cn2cnc(-c3cn4ccnc4c(Cc4ccccc4F)n3)n2)c1. The van der Waals surface area contributed by atoms with E-state index in [4.69, 9.17) is 0 Å². The van der Waals surface area contributed by atoms with Crippen LogP contribution >= 0.6 is 0 Å². The van der Waals surface area contributed by atoms with Crippen molar-refractivity contribution in [3.63, 3.8) is 0 Å². The Hall–Kier alpha value is -3.94. The van der Waals surface area contributed by atoms with Crippen LogP contribution in [0.5, 0.6) is 0 Å². The van der Waals surface area contributed by atoms with E-state index in [1.807, 2.05) is 10.5 Å². The Labute approximate surface area is 170 Å². The Kier molecular flexibility index (Phi) is 4.51. The fraction of sp³-hybridized carbons (Fsp3) is 0.0909. The van der Waals surface area contributed by atoms with E-state index in [1.54, 1.807) is 53.9 Å². The molecule has 0 bridgehead atoms. The van der Waals surface area contributed by atoms with E-state index in [1.165, 1.54) is 18.2 Å². The fourth-order valence-corrected chi connectivity index (χ4v) is 3.36. The van der Waals surface area contributed by atoms with Crippen LogP contribution in [0, 0.1) is 11.6 Å². The van der Waals surface area contributed by atoms with Crippen molar-refractivity contribution in [2.24, 2.45) is 0 Å². The van der Waals surface area contributed by atoms with Crippen molar-refractivity contribution < 1.29 is 8.78 Å². The Balaban J connectivity index is 1.49. The molecule has 0 saturated carbocycles. The molecule has 0 aliphatic rings. The van der Waals surface area contributed by atoms with Gasteiger partial charge in [-0.3, -0.25) is 0 Å². The first-order chi connectivity index (χ1) is 14.7. The lowest BCUT2D eigenvalue weighted by molar-refractivity contribution is 0.613. The smallest absolute Gasteiger partial charge is 0.201 e. The summed E-state index contributed by atoms with van der Waals surface area (Å²) in [5.41, 5.74) is 3.15. The predicted molar refractivity (Wildman–Crippen MR) is 107 cm³/mol. The highest BCUT2D eigenvalue weighted by Gasteiger charge is 2.14. The maximum atomic E-state index is 14.2. The third-order valence-electron chi connectivity index (χ3n) is 4.76. The van der Waals surface area contributed by atoms with E-state index < -0.39 is 0 Å². The molecule has 0 N–H and O–H groups in total. The molecular weight excluding hydrogens is 386 g/mol. The van der Waals surface area contributed by atoms with Crippen molar-refractivity contribution in [2.45, 2.75) is 13.0 Å². The van der Waals surface area contributed by atoms with Gasteiger partial charge in [-0.25, -0.2) is 28.4 Å². The van der Waals surface area contributed by atoms with E-state index in [9.17, 15) is 8.78 Å². The number of halogens is 2. The highest BCUT2D eigenvalue weighted by Crippen LogP contribution is 2.20. The second-order valence-electron chi connectivity index (χ2n) is 6.89. The molecule has 5 rings (SSSR count). The molecule has 8 heteroatoms. The van der Waals surface area contributed by atoms with Crippen molar-refractivity contribution in [1.82, 2.24) is 29.1 Å². The number of benzene rings is 2. The van der Waals surface area contributed by atoms with Crippen molar-refractivity contribution in [2.75, 3.05) is 0 Å². The number of hydrogen-bond donors (Lipinski definition) is 0. The summed E-state index contributed by atoms with van der Waals surface area (Å²) in [7, 11) is 0. The molecule has 5 aromatic rings. The summed E-state index contributed by atoms with van der Waals surface area (Å²) in [4.78, 5) is 13.4. The molecule has 30 heavy (non-hydrogen) atoms. The van der Waals surface area contributed by atoms with Crippen LogP contribution in [0.15, 0.2) is 73.4 Å². The van der Waals surface area contributed by atoms with Crippen LogP contribution in [-0.4, -0.2) is 29.1 Å². The molecule has 0 radical (unpaired) electrons. The van der Waals surface area contributed by atoms with Crippen molar-refractivity contribution >= 4 is 5.65 Å². The number of aromatic nitrogens is 6. The Morgan fingerprint density at radius 2 is 1.87 bits per heavy atom. The topological polar surface area (TPSA) is 60.9 Å². The summed E-state index contributed by atoms with van der Waals surface area (Å²) in [5.74, 6) is -0.151. The molecule has 0 fully saturated rings. The fourth-order valence-electron chi connectivity index (χ4n) is 3.36. The lowest BCUT2D eigenvalue weighted by Crippen LogP contribution is -2.04. The van der Waals surface area contributed by atoms with Gasteiger partial charge >= 0.3 is 0 Å². The first kappa shape index (κ1) is 18.1. The van der Waals surface area contributed by atoms with Crippen LogP contribution in [-0.2, 0) is 13.0 Å². The molecule has 6 nitrogen and oxygen atoms in total. The first-order valence-electron chi connectivity index (χ1n) is 9.36. The molecule has 3 aromatic heterocycles. The van der Waals surface area contributed by atoms with Gasteiger partial charge in [0.05, 0.1) is 12.2 Å². The number of rotatable bonds is 5. The molecule has 0 aliphatic heterocycles. The minimum atomic E-state index is -0.294. The average molecular weight is 402 g/mol. The molecular formula is C22H16F2N6. The standard InChI is InChI=1S/C22H16F2N6/c23-17-6-3-4-15(10-17)12-30-14-26-21(28-30)20-13-29-9-8-25-22(29)19(27-20)11-16-5-1-2-7-18(16)24/h1-10,13-14H,11-12H2. The highest BCUT2D eigenvalue weighted by molar-refractivity contribution is 5.55. The zero-order valence-corrected chi connectivity index (χ0v) is 15.8. The maximum Gasteiger partial charge on any atom is 0.201 e. The molecule has 0 spiro atoms. The summed E-state index contributed by atoms with van der Waals surface area (Å²) in [5, 5.41) is 4.48. The summed E-state index contributed by atoms with van der Waals surface area (Å²) in [6.07, 6.45) is 7.13. The van der Waals surface area contributed by atoms with Gasteiger partial charge in [0.15, 0.2) is 5.65 Å². The second kappa shape index (κ2) is 7.47. The van der Waals surface area contributed by atoms with Gasteiger partial charge in [0.25, 0.3) is 0 Å². The van der Waals surface area contributed by atoms with Gasteiger partial charge in [-0.05, 0) is 29.3 Å². The molecule has 3 heterocycles. The number of nitrogens with zero attached hydrogens (tertiary/aromatic N) is 6. The van der Waals surface area contributed by atoms with Gasteiger partial charge in [0.2, 0.25) is 5.82 Å². The van der Waals surface area contributed by atoms with Crippen molar-refractivity contribution in [1.29, 1.82) is 0 Å². The van der Waals surface area contributed by atoms with Crippen LogP contribution in [0.3, 0.4) is 0 Å². The largest absolute Gasteiger partial charge is 0.303 e. The number of fused-ring (bicyclic) bond motifs is 1. The van der Waals surface area contributed by atoms with E-state index in [0.29, 0.717) is 41.4 Å². The van der Waals surface area contributed by atoms with Crippen molar-refractivity contribution in [3.8, 4) is 11.5 Å². The number of imidazole rings is 1. The van der Waals surface area contributed by atoms with Gasteiger partial charge in [-0.15, -0.1) is 5.10 Å². The normalized spacial score (nSPS) is 11.3. The van der Waals surface area contributed by atoms with Gasteiger partial charge in [-0.1, -0.05) is 30.3 Å². The second-order valence-corrected chi connectivity index (χ2v) is 6.89. The summed E-state index contributed by atoms with van der Waals surface area (Å²) in [6, 6.07) is 13.0. The number of hydrogen-bond acceptors (Lipinski definition) is 4. The quantitative estimate of drug-likeness (QED) is 0.447. The van der Waals surface area contributed by atoms with E-state index in [-0.39, 0.29) is 11.6 Å². The van der Waals surface area contributed by atoms with Crippen LogP contribution in [0.4, 0.5) is 8.78 Å². The lowest BCUT2D eigenvalue weighted by Gasteiger charge is -2.07. The monoisotopic (exact) mass is 402 g/mol. The van der Waals surface area contributed by atoms with Gasteiger partial charge < -0.3 is 4.40 Å². The van der Waals surface area contributed by atoms with Crippen LogP contribution < -0.4 is 0 Å². The molecule has 0 unspecified atom stereocenters. The molecule has 0 aliphatic carbocycles. The van der Waals surface area contributed by atoms with E-state index >= 15 is 0 Å². The Bertz CT molecular complexity index is 1340. The van der Waals surface area contributed by atoms with E-state index in [2.05, 4.69) is 20.1 Å². The van der Waals surface area contributed by atoms with Crippen LogP contribution in [0.1, 0.15) is 16.8 Å². The predicted octanol–water partition coefficient (Wildman–Crippen LogP) is 3.91. The van der Waals surface area contributed by atoms with Gasteiger partial charge in [-0.2, -0.15) is 0 Å². The van der Waals surface area contributed by atoms with Crippen LogP contribution in [0.25, 0.3) is 17.2 Å². The summed E-state index contributed by atoms with van der Waals surface area (Å²) in [6.45, 7) is 0.389. The minimum Gasteiger partial charge on any atom is -0.303 e. The Morgan fingerprint density at radius 1 is 0.967 bits per heavy atom. The van der Waals surface area contributed by atoms with E-state index in [0.717, 1.165) is 5.56 Å². The van der Waals surface area contributed by atoms with Crippen molar-refractivity contribution in [3.05, 3.63) is 102 Å². The van der Waals surface area contributed by atoms with Gasteiger partial charge in [0, 0.05) is 25.0 Å². The van der Waals surface area contributed by atoms with Crippen LogP contribution in [0.2, 0.25) is 0 Å². The lowest BCUT2D eigenvalue weighted by atomic mass is 10.1. The minimum absolute atomic E-state index is 0.285. The molecule has 148 valence electrons. The van der Waals surface area contributed by atoms with Gasteiger partial charge in [0.1, 0.15) is 23.7 Å². The maximum absolute atomic E-state index is 14.2. The third-order valence-corrected chi connectivity index (χ3v) is 4.76. The molecule has 0 saturated heterocycles. The molecule has 2 aromatic carbocycles. The molecule has 0 amide bonds. The third kappa shape index (κ3) is 3.55. The average Bonchev–Trinajstić information content (AvgIpc) is 3.39. The zero-order chi connectivity index (χ0) is 20.5. The Morgan fingerprint density at radius 3 is 2.73 bits per heavy atom. The highest BCUT2D eigenvalue weighted by atomic mass is 19.1. The first-order valence-corrected chi connectivity index (χ1v) is 9.36. The summed E-state index contributed by atoms with van der Waals surface area (Å²) < 4.78 is 31.0. The zero-order valence-electron chi connectivity index (χ0n) is 15.8. The summed E-state index contributed by atoms with van der Waals surface area (Å²) >= 11 is 0.